The Balaban J connectivity index is 2.03. The van der Waals surface area contributed by atoms with Crippen molar-refractivity contribution in [3.8, 4) is 0 Å². The number of nitrogens with two attached hydrogens (primary N) is 1. The minimum atomic E-state index is -3.44. The van der Waals surface area contributed by atoms with E-state index in [1.807, 2.05) is 6.92 Å². The number of thiocarbonyl (C=S) groups is 1. The topological polar surface area (TPSA) is 63.4 Å². The third kappa shape index (κ3) is 2.16. The first-order valence-corrected chi connectivity index (χ1v) is 8.66. The maximum atomic E-state index is 12.9. The molecule has 0 amide bonds. The lowest BCUT2D eigenvalue weighted by molar-refractivity contribution is 0.333. The van der Waals surface area contributed by atoms with Crippen LogP contribution in [0, 0.1) is 12.8 Å². The van der Waals surface area contributed by atoms with Gasteiger partial charge >= 0.3 is 0 Å². The maximum absolute atomic E-state index is 12.9. The van der Waals surface area contributed by atoms with Gasteiger partial charge in [-0.15, -0.1) is 0 Å². The van der Waals surface area contributed by atoms with E-state index in [1.54, 1.807) is 22.5 Å². The zero-order valence-electron chi connectivity index (χ0n) is 11.4. The Bertz CT molecular complexity index is 670. The Hall–Kier alpha value is -0.980. The lowest BCUT2D eigenvalue weighted by Gasteiger charge is -2.27. The third-order valence-corrected chi connectivity index (χ3v) is 6.71. The fourth-order valence-corrected chi connectivity index (χ4v) is 5.45. The molecule has 20 heavy (non-hydrogen) atoms. The van der Waals surface area contributed by atoms with Gasteiger partial charge in [0, 0.05) is 18.2 Å². The monoisotopic (exact) mass is 310 g/mol. The van der Waals surface area contributed by atoms with Crippen LogP contribution >= 0.6 is 12.2 Å². The number of fused-ring (bicyclic) bond motifs is 2. The van der Waals surface area contributed by atoms with E-state index < -0.39 is 10.0 Å². The summed E-state index contributed by atoms with van der Waals surface area (Å²) in [6.45, 7) is 2.47. The molecule has 0 radical (unpaired) electrons. The van der Waals surface area contributed by atoms with Crippen LogP contribution in [0.4, 0.5) is 0 Å². The van der Waals surface area contributed by atoms with Crippen molar-refractivity contribution in [3.63, 3.8) is 0 Å². The van der Waals surface area contributed by atoms with Gasteiger partial charge in [-0.25, -0.2) is 8.42 Å². The van der Waals surface area contributed by atoms with Crippen molar-refractivity contribution in [2.75, 3.05) is 6.54 Å². The van der Waals surface area contributed by atoms with Gasteiger partial charge in [-0.1, -0.05) is 24.4 Å². The van der Waals surface area contributed by atoms with Crippen molar-refractivity contribution in [1.29, 1.82) is 0 Å². The summed E-state index contributed by atoms with van der Waals surface area (Å²) in [6.07, 6.45) is 3.15. The SMILES string of the molecule is Cc1ccc(C(N)=S)cc1S(=O)(=O)N1CC2CCC1C2. The highest BCUT2D eigenvalue weighted by molar-refractivity contribution is 7.89. The highest BCUT2D eigenvalue weighted by atomic mass is 32.2. The first-order chi connectivity index (χ1) is 9.39. The molecule has 1 saturated heterocycles. The number of hydrogen-bond donors (Lipinski definition) is 1. The van der Waals surface area contributed by atoms with E-state index in [0.717, 1.165) is 24.8 Å². The molecule has 3 rings (SSSR count). The largest absolute Gasteiger partial charge is 0.389 e. The molecule has 1 aliphatic carbocycles. The molecule has 0 aromatic heterocycles. The summed E-state index contributed by atoms with van der Waals surface area (Å²) in [6, 6.07) is 5.33. The van der Waals surface area contributed by atoms with Crippen molar-refractivity contribution < 1.29 is 8.42 Å². The Labute approximate surface area is 125 Å². The average molecular weight is 310 g/mol. The molecular formula is C14H18N2O2S2. The van der Waals surface area contributed by atoms with E-state index in [1.165, 1.54) is 0 Å². The summed E-state index contributed by atoms with van der Waals surface area (Å²) < 4.78 is 27.4. The Morgan fingerprint density at radius 1 is 1.40 bits per heavy atom. The van der Waals surface area contributed by atoms with Crippen molar-refractivity contribution in [2.24, 2.45) is 11.7 Å². The van der Waals surface area contributed by atoms with E-state index in [2.05, 4.69) is 0 Å². The smallest absolute Gasteiger partial charge is 0.243 e. The molecule has 0 spiro atoms. The van der Waals surface area contributed by atoms with Crippen molar-refractivity contribution >= 4 is 27.2 Å². The van der Waals surface area contributed by atoms with E-state index in [9.17, 15) is 8.42 Å². The minimum Gasteiger partial charge on any atom is -0.389 e. The second-order valence-corrected chi connectivity index (χ2v) is 8.05. The first kappa shape index (κ1) is 14.0. The van der Waals surface area contributed by atoms with Crippen LogP contribution in [0.3, 0.4) is 0 Å². The molecule has 2 unspecified atom stereocenters. The van der Waals surface area contributed by atoms with Gasteiger partial charge in [0.05, 0.1) is 4.90 Å². The van der Waals surface area contributed by atoms with Gasteiger partial charge in [0.1, 0.15) is 4.99 Å². The minimum absolute atomic E-state index is 0.179. The van der Waals surface area contributed by atoms with Crippen LogP contribution in [0.1, 0.15) is 30.4 Å². The van der Waals surface area contributed by atoms with E-state index in [-0.39, 0.29) is 11.0 Å². The maximum Gasteiger partial charge on any atom is 0.243 e. The summed E-state index contributed by atoms with van der Waals surface area (Å²) in [5.74, 6) is 0.536. The fraction of sp³-hybridized carbons (Fsp3) is 0.500. The molecular weight excluding hydrogens is 292 g/mol. The molecule has 2 N–H and O–H groups in total. The molecule has 1 saturated carbocycles. The zero-order valence-corrected chi connectivity index (χ0v) is 13.0. The average Bonchev–Trinajstić information content (AvgIpc) is 3.01. The molecule has 1 heterocycles. The van der Waals surface area contributed by atoms with Gasteiger partial charge in [0.25, 0.3) is 0 Å². The molecule has 2 fully saturated rings. The number of hydrogen-bond acceptors (Lipinski definition) is 3. The number of sulfonamides is 1. The van der Waals surface area contributed by atoms with E-state index >= 15 is 0 Å². The Morgan fingerprint density at radius 3 is 2.70 bits per heavy atom. The molecule has 2 aliphatic rings. The van der Waals surface area contributed by atoms with Crippen molar-refractivity contribution in [2.45, 2.75) is 37.1 Å². The van der Waals surface area contributed by atoms with Gasteiger partial charge in [0.15, 0.2) is 0 Å². The van der Waals surface area contributed by atoms with Crippen LogP contribution in [0.2, 0.25) is 0 Å². The molecule has 1 aliphatic heterocycles. The normalized spacial score (nSPS) is 26.1. The number of benzene rings is 1. The van der Waals surface area contributed by atoms with Gasteiger partial charge in [-0.2, -0.15) is 4.31 Å². The fourth-order valence-electron chi connectivity index (χ4n) is 3.33. The zero-order chi connectivity index (χ0) is 14.5. The third-order valence-electron chi connectivity index (χ3n) is 4.42. The molecule has 4 nitrogen and oxygen atoms in total. The standard InChI is InChI=1S/C14H18N2O2S2/c1-9-2-4-11(14(15)19)7-13(9)20(17,18)16-8-10-3-5-12(16)6-10/h2,4,7,10,12H,3,5-6,8H2,1H3,(H2,15,19). The van der Waals surface area contributed by atoms with Crippen LogP contribution < -0.4 is 5.73 Å². The molecule has 1 aromatic rings. The number of piperidine rings is 1. The van der Waals surface area contributed by atoms with Crippen LogP contribution in [0.15, 0.2) is 23.1 Å². The number of aryl methyl sites for hydroxylation is 1. The molecule has 6 heteroatoms. The van der Waals surface area contributed by atoms with Crippen molar-refractivity contribution in [1.82, 2.24) is 4.31 Å². The Kier molecular flexibility index (Phi) is 3.35. The molecule has 1 aromatic carbocycles. The summed E-state index contributed by atoms with van der Waals surface area (Å²) in [5, 5.41) is 0. The van der Waals surface area contributed by atoms with Crippen LogP contribution in [0.25, 0.3) is 0 Å². The van der Waals surface area contributed by atoms with E-state index in [4.69, 9.17) is 18.0 Å². The van der Waals surface area contributed by atoms with Crippen LogP contribution in [-0.2, 0) is 10.0 Å². The first-order valence-electron chi connectivity index (χ1n) is 6.82. The quantitative estimate of drug-likeness (QED) is 0.865. The molecule has 2 atom stereocenters. The lowest BCUT2D eigenvalue weighted by atomic mass is 10.1. The predicted molar refractivity (Wildman–Crippen MR) is 82.1 cm³/mol. The second kappa shape index (κ2) is 4.79. The van der Waals surface area contributed by atoms with Gasteiger partial charge < -0.3 is 5.73 Å². The number of nitrogens with zero attached hydrogens (tertiary/aromatic N) is 1. The number of rotatable bonds is 3. The highest BCUT2D eigenvalue weighted by Crippen LogP contribution is 2.40. The van der Waals surface area contributed by atoms with Gasteiger partial charge in [-0.05, 0) is 43.7 Å². The highest BCUT2D eigenvalue weighted by Gasteiger charge is 2.44. The van der Waals surface area contributed by atoms with Crippen LogP contribution in [-0.4, -0.2) is 30.3 Å². The summed E-state index contributed by atoms with van der Waals surface area (Å²) in [4.78, 5) is 0.569. The van der Waals surface area contributed by atoms with Gasteiger partial charge in [0.2, 0.25) is 10.0 Å². The Morgan fingerprint density at radius 2 is 2.15 bits per heavy atom. The van der Waals surface area contributed by atoms with Gasteiger partial charge in [-0.3, -0.25) is 0 Å². The summed E-state index contributed by atoms with van der Waals surface area (Å²) in [5.41, 5.74) is 6.96. The molecule has 2 bridgehead atoms. The second-order valence-electron chi connectivity index (χ2n) is 5.75. The summed E-state index contributed by atoms with van der Waals surface area (Å²) in [7, 11) is -3.44. The van der Waals surface area contributed by atoms with Crippen molar-refractivity contribution in [3.05, 3.63) is 29.3 Å². The van der Waals surface area contributed by atoms with Crippen LogP contribution in [0.5, 0.6) is 0 Å². The summed E-state index contributed by atoms with van der Waals surface area (Å²) >= 11 is 4.95. The predicted octanol–water partition coefficient (Wildman–Crippen LogP) is 1.80. The lowest BCUT2D eigenvalue weighted by Crippen LogP contribution is -2.38. The van der Waals surface area contributed by atoms with E-state index in [0.29, 0.717) is 22.9 Å². The molecule has 108 valence electrons.